The maximum atomic E-state index is 11.1. The number of H-pyrrole nitrogens is 1. The van der Waals surface area contributed by atoms with E-state index >= 15 is 0 Å². The van der Waals surface area contributed by atoms with E-state index in [0.717, 1.165) is 0 Å². The van der Waals surface area contributed by atoms with Crippen LogP contribution in [0.5, 0.6) is 0 Å². The van der Waals surface area contributed by atoms with E-state index in [9.17, 15) is 8.42 Å². The highest BCUT2D eigenvalue weighted by Crippen LogP contribution is 2.30. The number of nitrogens with one attached hydrogen (secondary N) is 1. The zero-order valence-electron chi connectivity index (χ0n) is 7.23. The van der Waals surface area contributed by atoms with Gasteiger partial charge >= 0.3 is 0 Å². The Morgan fingerprint density at radius 1 is 1.47 bits per heavy atom. The molecule has 6 nitrogen and oxygen atoms in total. The minimum absolute atomic E-state index is 0.0301. The number of nitrogens with two attached hydrogens (primary N) is 1. The van der Waals surface area contributed by atoms with Crippen molar-refractivity contribution >= 4 is 38.3 Å². The molecule has 8 heteroatoms. The van der Waals surface area contributed by atoms with Gasteiger partial charge in [0, 0.05) is 5.39 Å². The molecule has 0 fully saturated rings. The summed E-state index contributed by atoms with van der Waals surface area (Å²) >= 11 is 5.71. The average Bonchev–Trinajstić information content (AvgIpc) is 2.45. The molecular formula is C7H6ClN3O3S. The third kappa shape index (κ3) is 1.54. The van der Waals surface area contributed by atoms with Crippen LogP contribution in [0.1, 0.15) is 0 Å². The lowest BCUT2D eigenvalue weighted by atomic mass is 10.2. The lowest BCUT2D eigenvalue weighted by Crippen LogP contribution is -2.03. The fourth-order valence-corrected chi connectivity index (χ4v) is 2.27. The summed E-state index contributed by atoms with van der Waals surface area (Å²) in [5, 5.41) is 6.65. The fraction of sp³-hybridized carbons (Fsp3) is 0. The Bertz CT molecular complexity index is 634. The number of aromatic amines is 1. The normalized spacial score (nSPS) is 12.1. The molecule has 0 spiro atoms. The van der Waals surface area contributed by atoms with Crippen molar-refractivity contribution in [2.75, 3.05) is 5.73 Å². The molecule has 0 saturated carbocycles. The Balaban J connectivity index is 3.00. The highest BCUT2D eigenvalue weighted by Gasteiger charge is 2.21. The van der Waals surface area contributed by atoms with E-state index in [1.165, 1.54) is 12.1 Å². The number of anilines is 1. The van der Waals surface area contributed by atoms with Crippen molar-refractivity contribution in [3.63, 3.8) is 0 Å². The molecule has 0 amide bonds. The summed E-state index contributed by atoms with van der Waals surface area (Å²) in [6.07, 6.45) is 0. The van der Waals surface area contributed by atoms with Crippen molar-refractivity contribution in [1.29, 1.82) is 0 Å². The van der Waals surface area contributed by atoms with Gasteiger partial charge in [-0.3, -0.25) is 9.65 Å². The fourth-order valence-electron chi connectivity index (χ4n) is 1.31. The maximum absolute atomic E-state index is 11.1. The van der Waals surface area contributed by atoms with Gasteiger partial charge in [-0.05, 0) is 12.1 Å². The number of rotatable bonds is 1. The molecule has 2 rings (SSSR count). The molecule has 0 unspecified atom stereocenters. The number of halogens is 1. The Kier molecular flexibility index (Phi) is 2.10. The first kappa shape index (κ1) is 10.2. The second-order valence-electron chi connectivity index (χ2n) is 2.89. The molecule has 80 valence electrons. The first-order valence-electron chi connectivity index (χ1n) is 3.81. The summed E-state index contributed by atoms with van der Waals surface area (Å²) in [5.74, 6) is 0. The van der Waals surface area contributed by atoms with Crippen LogP contribution in [0.15, 0.2) is 17.0 Å². The number of hydrogen-bond acceptors (Lipinski definition) is 4. The van der Waals surface area contributed by atoms with Crippen LogP contribution in [0.3, 0.4) is 0 Å². The van der Waals surface area contributed by atoms with Gasteiger partial charge in [-0.1, -0.05) is 11.6 Å². The molecule has 4 N–H and O–H groups in total. The molecule has 15 heavy (non-hydrogen) atoms. The van der Waals surface area contributed by atoms with E-state index in [0.29, 0.717) is 5.39 Å². The van der Waals surface area contributed by atoms with Crippen molar-refractivity contribution in [2.45, 2.75) is 4.90 Å². The third-order valence-corrected chi connectivity index (χ3v) is 3.16. The van der Waals surface area contributed by atoms with Crippen LogP contribution in [0.4, 0.5) is 5.69 Å². The zero-order valence-corrected chi connectivity index (χ0v) is 8.80. The summed E-state index contributed by atoms with van der Waals surface area (Å²) < 4.78 is 31.1. The number of aromatic nitrogens is 2. The SMILES string of the molecule is Nc1ccc2c(Cl)[nH]nc2c1S(=O)(=O)O. The predicted molar refractivity (Wildman–Crippen MR) is 55.3 cm³/mol. The number of nitrogens with zero attached hydrogens (tertiary/aromatic N) is 1. The lowest BCUT2D eigenvalue weighted by molar-refractivity contribution is 0.484. The van der Waals surface area contributed by atoms with Crippen LogP contribution in [0.25, 0.3) is 10.9 Å². The molecule has 0 radical (unpaired) electrons. The second-order valence-corrected chi connectivity index (χ2v) is 4.63. The summed E-state index contributed by atoms with van der Waals surface area (Å²) in [6.45, 7) is 0. The van der Waals surface area contributed by atoms with Gasteiger partial charge < -0.3 is 5.73 Å². The van der Waals surface area contributed by atoms with E-state index in [1.807, 2.05) is 0 Å². The molecule has 0 aliphatic rings. The Labute approximate surface area is 89.8 Å². The van der Waals surface area contributed by atoms with Gasteiger partial charge in [0.1, 0.15) is 15.6 Å². The van der Waals surface area contributed by atoms with Crippen LogP contribution in [-0.2, 0) is 10.1 Å². The summed E-state index contributed by atoms with van der Waals surface area (Å²) in [6, 6.07) is 2.86. The van der Waals surface area contributed by atoms with E-state index < -0.39 is 15.0 Å². The average molecular weight is 248 g/mol. The monoisotopic (exact) mass is 247 g/mol. The molecule has 1 heterocycles. The molecule has 0 atom stereocenters. The lowest BCUT2D eigenvalue weighted by Gasteiger charge is -2.01. The quantitative estimate of drug-likeness (QED) is 0.515. The standard InChI is InChI=1S/C7H6ClN3O3S/c8-7-3-1-2-4(9)6(15(12,13)14)5(3)10-11-7/h1-2H,9H2,(H,10,11)(H,12,13,14). The van der Waals surface area contributed by atoms with Gasteiger partial charge in [0.05, 0.1) is 5.69 Å². The van der Waals surface area contributed by atoms with Crippen molar-refractivity contribution in [3.05, 3.63) is 17.3 Å². The van der Waals surface area contributed by atoms with E-state index in [2.05, 4.69) is 10.2 Å². The van der Waals surface area contributed by atoms with E-state index in [1.54, 1.807) is 0 Å². The van der Waals surface area contributed by atoms with Gasteiger partial charge in [0.15, 0.2) is 0 Å². The van der Waals surface area contributed by atoms with Crippen LogP contribution in [-0.4, -0.2) is 23.2 Å². The first-order valence-corrected chi connectivity index (χ1v) is 5.62. The van der Waals surface area contributed by atoms with Gasteiger partial charge in [-0.2, -0.15) is 13.5 Å². The number of fused-ring (bicyclic) bond motifs is 1. The van der Waals surface area contributed by atoms with Crippen molar-refractivity contribution in [3.8, 4) is 0 Å². The predicted octanol–water partition coefficient (Wildman–Crippen LogP) is 1.05. The molecule has 2 aromatic rings. The highest BCUT2D eigenvalue weighted by molar-refractivity contribution is 7.86. The minimum Gasteiger partial charge on any atom is -0.398 e. The molecular weight excluding hydrogens is 242 g/mol. The highest BCUT2D eigenvalue weighted by atomic mass is 35.5. The van der Waals surface area contributed by atoms with E-state index in [-0.39, 0.29) is 16.4 Å². The van der Waals surface area contributed by atoms with Crippen molar-refractivity contribution in [2.24, 2.45) is 0 Å². The van der Waals surface area contributed by atoms with Gasteiger partial charge in [-0.25, -0.2) is 0 Å². The number of hydrogen-bond donors (Lipinski definition) is 3. The van der Waals surface area contributed by atoms with Crippen LogP contribution in [0, 0.1) is 0 Å². The van der Waals surface area contributed by atoms with Crippen LogP contribution >= 0.6 is 11.6 Å². The minimum atomic E-state index is -4.41. The molecule has 0 aliphatic heterocycles. The summed E-state index contributed by atoms with van der Waals surface area (Å²) in [4.78, 5) is -0.428. The Morgan fingerprint density at radius 3 is 2.73 bits per heavy atom. The topological polar surface area (TPSA) is 109 Å². The second kappa shape index (κ2) is 3.09. The number of benzene rings is 1. The number of nitrogen functional groups attached to an aromatic ring is 1. The first-order chi connectivity index (χ1) is 6.91. The van der Waals surface area contributed by atoms with Gasteiger partial charge in [0.25, 0.3) is 10.1 Å². The summed E-state index contributed by atoms with van der Waals surface area (Å²) in [5.41, 5.74) is 5.40. The zero-order chi connectivity index (χ0) is 11.2. The van der Waals surface area contributed by atoms with E-state index in [4.69, 9.17) is 21.9 Å². The summed E-state index contributed by atoms with van der Waals surface area (Å²) in [7, 11) is -4.41. The third-order valence-electron chi connectivity index (χ3n) is 1.92. The van der Waals surface area contributed by atoms with Crippen LogP contribution in [0.2, 0.25) is 5.15 Å². The van der Waals surface area contributed by atoms with Crippen molar-refractivity contribution < 1.29 is 13.0 Å². The molecule has 1 aromatic carbocycles. The molecule has 1 aromatic heterocycles. The molecule has 0 bridgehead atoms. The van der Waals surface area contributed by atoms with Gasteiger partial charge in [-0.15, -0.1) is 0 Å². The molecule has 0 aliphatic carbocycles. The van der Waals surface area contributed by atoms with Gasteiger partial charge in [0.2, 0.25) is 0 Å². The largest absolute Gasteiger partial charge is 0.398 e. The smallest absolute Gasteiger partial charge is 0.298 e. The molecule has 0 saturated heterocycles. The van der Waals surface area contributed by atoms with Crippen LogP contribution < -0.4 is 5.73 Å². The Morgan fingerprint density at radius 2 is 2.13 bits per heavy atom. The Hall–Kier alpha value is -1.31. The van der Waals surface area contributed by atoms with Crippen molar-refractivity contribution in [1.82, 2.24) is 10.2 Å². The maximum Gasteiger partial charge on any atom is 0.298 e.